The van der Waals surface area contributed by atoms with Crippen LogP contribution in [0.3, 0.4) is 0 Å². The van der Waals surface area contributed by atoms with Crippen molar-refractivity contribution in [3.8, 4) is 5.75 Å². The van der Waals surface area contributed by atoms with Crippen molar-refractivity contribution in [3.05, 3.63) is 65.7 Å². The van der Waals surface area contributed by atoms with Crippen molar-refractivity contribution in [2.75, 3.05) is 37.4 Å². The molecule has 4 N–H and O–H groups in total. The second-order valence-electron chi connectivity index (χ2n) is 8.00. The molecule has 4 rings (SSSR count). The summed E-state index contributed by atoms with van der Waals surface area (Å²) < 4.78 is 5.22. The van der Waals surface area contributed by atoms with Gasteiger partial charge >= 0.3 is 6.03 Å². The van der Waals surface area contributed by atoms with Crippen molar-refractivity contribution in [2.45, 2.75) is 18.4 Å². The molecule has 1 aliphatic rings. The average molecular weight is 484 g/mol. The van der Waals surface area contributed by atoms with Gasteiger partial charge in [0.05, 0.1) is 31.7 Å². The molecule has 0 spiro atoms. The number of nitrogens with zero attached hydrogens (tertiary/aromatic N) is 3. The standard InChI is InChI=1S/C23H26ClN7O3/c1-34-18-6-7-20(25-12-18)19-13-31(14-22(32)28-17-10-26-27-11-17)9-8-21(19)30-23(33)29-16-4-2-15(24)3-5-16/h2-7,10-12,19,21H,8-9,13-14H2,1H3,(H,26,27)(H,28,32)(H2,29,30,33). The number of pyridine rings is 1. The number of halogens is 1. The number of hydrogen-bond acceptors (Lipinski definition) is 6. The molecule has 0 radical (unpaired) electrons. The van der Waals surface area contributed by atoms with Gasteiger partial charge in [0.25, 0.3) is 0 Å². The number of carbonyl (C=O) groups excluding carboxylic acids is 2. The van der Waals surface area contributed by atoms with E-state index in [1.54, 1.807) is 50.0 Å². The molecule has 0 bridgehead atoms. The Morgan fingerprint density at radius 2 is 1.97 bits per heavy atom. The molecule has 2 unspecified atom stereocenters. The third kappa shape index (κ3) is 6.24. The third-order valence-electron chi connectivity index (χ3n) is 5.64. The fourth-order valence-corrected chi connectivity index (χ4v) is 4.09. The number of benzene rings is 1. The number of H-pyrrole nitrogens is 1. The minimum atomic E-state index is -0.308. The van der Waals surface area contributed by atoms with Gasteiger partial charge in [0, 0.05) is 47.7 Å². The van der Waals surface area contributed by atoms with Gasteiger partial charge in [-0.15, -0.1) is 0 Å². The lowest BCUT2D eigenvalue weighted by molar-refractivity contribution is -0.117. The number of urea groups is 1. The van der Waals surface area contributed by atoms with Crippen molar-refractivity contribution in [1.29, 1.82) is 0 Å². The van der Waals surface area contributed by atoms with Gasteiger partial charge in [0.2, 0.25) is 5.91 Å². The van der Waals surface area contributed by atoms with Gasteiger partial charge in [-0.1, -0.05) is 11.6 Å². The first-order chi connectivity index (χ1) is 16.5. The molecule has 10 nitrogen and oxygen atoms in total. The lowest BCUT2D eigenvalue weighted by atomic mass is 9.88. The van der Waals surface area contributed by atoms with Gasteiger partial charge in [0.1, 0.15) is 5.75 Å². The lowest BCUT2D eigenvalue weighted by Crippen LogP contribution is -2.52. The first kappa shape index (κ1) is 23.5. The number of anilines is 2. The SMILES string of the molecule is COc1ccc(C2CN(CC(=O)Nc3cn[nH]c3)CCC2NC(=O)Nc2ccc(Cl)cc2)nc1. The summed E-state index contributed by atoms with van der Waals surface area (Å²) in [6.45, 7) is 1.43. The second-order valence-corrected chi connectivity index (χ2v) is 8.44. The molecule has 3 heterocycles. The zero-order valence-electron chi connectivity index (χ0n) is 18.6. The summed E-state index contributed by atoms with van der Waals surface area (Å²) >= 11 is 5.92. The molecule has 3 aromatic rings. The fourth-order valence-electron chi connectivity index (χ4n) is 3.96. The van der Waals surface area contributed by atoms with Crippen LogP contribution in [0.15, 0.2) is 55.0 Å². The van der Waals surface area contributed by atoms with Crippen molar-refractivity contribution in [2.24, 2.45) is 0 Å². The van der Waals surface area contributed by atoms with Crippen LogP contribution in [0.1, 0.15) is 18.0 Å². The number of piperidine rings is 1. The van der Waals surface area contributed by atoms with Gasteiger partial charge in [0.15, 0.2) is 0 Å². The Morgan fingerprint density at radius 3 is 2.65 bits per heavy atom. The highest BCUT2D eigenvalue weighted by molar-refractivity contribution is 6.30. The number of methoxy groups -OCH3 is 1. The molecular weight excluding hydrogens is 458 g/mol. The van der Waals surface area contributed by atoms with Gasteiger partial charge in [-0.3, -0.25) is 19.8 Å². The molecule has 1 aromatic carbocycles. The maximum atomic E-state index is 12.7. The highest BCUT2D eigenvalue weighted by Crippen LogP contribution is 2.27. The summed E-state index contributed by atoms with van der Waals surface area (Å²) in [6.07, 6.45) is 5.49. The number of ether oxygens (including phenoxy) is 1. The van der Waals surface area contributed by atoms with Crippen LogP contribution in [-0.2, 0) is 4.79 Å². The van der Waals surface area contributed by atoms with Crippen LogP contribution >= 0.6 is 11.6 Å². The Morgan fingerprint density at radius 1 is 1.15 bits per heavy atom. The zero-order chi connectivity index (χ0) is 23.9. The van der Waals surface area contributed by atoms with E-state index in [0.29, 0.717) is 41.7 Å². The minimum Gasteiger partial charge on any atom is -0.495 e. The van der Waals surface area contributed by atoms with Crippen molar-refractivity contribution in [1.82, 2.24) is 25.4 Å². The smallest absolute Gasteiger partial charge is 0.319 e. The van der Waals surface area contributed by atoms with Gasteiger partial charge in [-0.05, 0) is 42.8 Å². The highest BCUT2D eigenvalue weighted by Gasteiger charge is 2.33. The van der Waals surface area contributed by atoms with Gasteiger partial charge in [-0.2, -0.15) is 5.10 Å². The van der Waals surface area contributed by atoms with E-state index in [0.717, 1.165) is 5.69 Å². The number of hydrogen-bond donors (Lipinski definition) is 4. The van der Waals surface area contributed by atoms with E-state index >= 15 is 0 Å². The van der Waals surface area contributed by atoms with Crippen molar-refractivity contribution < 1.29 is 14.3 Å². The number of rotatable bonds is 7. The van der Waals surface area contributed by atoms with Crippen LogP contribution in [0.2, 0.25) is 5.02 Å². The molecule has 2 atom stereocenters. The third-order valence-corrected chi connectivity index (χ3v) is 5.89. The minimum absolute atomic E-state index is 0.114. The lowest BCUT2D eigenvalue weighted by Gasteiger charge is -2.38. The summed E-state index contributed by atoms with van der Waals surface area (Å²) in [5.74, 6) is 0.410. The number of nitrogens with one attached hydrogen (secondary N) is 4. The van der Waals surface area contributed by atoms with E-state index < -0.39 is 0 Å². The number of likely N-dealkylation sites (tertiary alicyclic amines) is 1. The van der Waals surface area contributed by atoms with E-state index in [1.807, 2.05) is 12.1 Å². The molecule has 1 saturated heterocycles. The van der Waals surface area contributed by atoms with Crippen LogP contribution < -0.4 is 20.7 Å². The van der Waals surface area contributed by atoms with Crippen LogP contribution in [0.5, 0.6) is 5.75 Å². The first-order valence-electron chi connectivity index (χ1n) is 10.8. The molecule has 34 heavy (non-hydrogen) atoms. The second kappa shape index (κ2) is 11.0. The molecule has 1 aliphatic heterocycles. The predicted octanol–water partition coefficient (Wildman–Crippen LogP) is 3.09. The Kier molecular flexibility index (Phi) is 7.61. The molecule has 178 valence electrons. The summed E-state index contributed by atoms with van der Waals surface area (Å²) in [4.78, 5) is 31.8. The normalized spacial score (nSPS) is 18.2. The topological polar surface area (TPSA) is 124 Å². The number of amides is 3. The predicted molar refractivity (Wildman–Crippen MR) is 129 cm³/mol. The van der Waals surface area contributed by atoms with Crippen LogP contribution in [0, 0.1) is 0 Å². The van der Waals surface area contributed by atoms with Crippen LogP contribution in [-0.4, -0.2) is 64.8 Å². The largest absolute Gasteiger partial charge is 0.495 e. The molecule has 0 saturated carbocycles. The first-order valence-corrected chi connectivity index (χ1v) is 11.2. The molecule has 1 fully saturated rings. The zero-order valence-corrected chi connectivity index (χ0v) is 19.4. The monoisotopic (exact) mass is 483 g/mol. The maximum absolute atomic E-state index is 12.7. The number of aromatic amines is 1. The Hall–Kier alpha value is -3.63. The maximum Gasteiger partial charge on any atom is 0.319 e. The van der Waals surface area contributed by atoms with E-state index in [-0.39, 0.29) is 30.4 Å². The molecule has 0 aliphatic carbocycles. The Balaban J connectivity index is 1.43. The number of carbonyl (C=O) groups is 2. The van der Waals surface area contributed by atoms with E-state index in [4.69, 9.17) is 16.3 Å². The van der Waals surface area contributed by atoms with Crippen molar-refractivity contribution >= 4 is 34.9 Å². The summed E-state index contributed by atoms with van der Waals surface area (Å²) in [6, 6.07) is 10.2. The summed E-state index contributed by atoms with van der Waals surface area (Å²) in [7, 11) is 1.59. The Bertz CT molecular complexity index is 1090. The van der Waals surface area contributed by atoms with Gasteiger partial charge in [-0.25, -0.2) is 4.79 Å². The average Bonchev–Trinajstić information content (AvgIpc) is 3.34. The fraction of sp³-hybridized carbons (Fsp3) is 0.304. The Labute approximate surface area is 202 Å². The molecule has 11 heteroatoms. The summed E-state index contributed by atoms with van der Waals surface area (Å²) in [5, 5.41) is 15.8. The number of aromatic nitrogens is 3. The quantitative estimate of drug-likeness (QED) is 0.409. The highest BCUT2D eigenvalue weighted by atomic mass is 35.5. The van der Waals surface area contributed by atoms with Crippen LogP contribution in [0.4, 0.5) is 16.2 Å². The molecule has 3 amide bonds. The van der Waals surface area contributed by atoms with E-state index in [1.165, 1.54) is 0 Å². The van der Waals surface area contributed by atoms with E-state index in [9.17, 15) is 9.59 Å². The van der Waals surface area contributed by atoms with Crippen molar-refractivity contribution in [3.63, 3.8) is 0 Å². The molecule has 2 aromatic heterocycles. The van der Waals surface area contributed by atoms with Crippen LogP contribution in [0.25, 0.3) is 0 Å². The summed E-state index contributed by atoms with van der Waals surface area (Å²) in [5.41, 5.74) is 2.08. The molecular formula is C23H26ClN7O3. The van der Waals surface area contributed by atoms with Gasteiger partial charge < -0.3 is 20.7 Å². The van der Waals surface area contributed by atoms with E-state index in [2.05, 4.69) is 36.0 Å².